The minimum Gasteiger partial charge on any atom is -0.326 e. The normalized spacial score (nSPS) is 18.7. The van der Waals surface area contributed by atoms with Gasteiger partial charge >= 0.3 is 0 Å². The molecule has 3 N–H and O–H groups in total. The lowest BCUT2D eigenvalue weighted by Crippen LogP contribution is -2.07. The number of hydrogen-bond acceptors (Lipinski definition) is 2. The van der Waals surface area contributed by atoms with Crippen molar-refractivity contribution in [2.45, 2.75) is 18.9 Å². The Morgan fingerprint density at radius 1 is 0.947 bits per heavy atom. The second kappa shape index (κ2) is 5.55. The van der Waals surface area contributed by atoms with Gasteiger partial charge in [0.15, 0.2) is 0 Å². The molecule has 0 aromatic heterocycles. The summed E-state index contributed by atoms with van der Waals surface area (Å²) in [4.78, 5) is 0. The third-order valence-electron chi connectivity index (χ3n) is 3.97. The molecule has 1 atom stereocenters. The fourth-order valence-electron chi connectivity index (χ4n) is 2.72. The van der Waals surface area contributed by atoms with Crippen molar-refractivity contribution in [2.24, 2.45) is 5.73 Å². The summed E-state index contributed by atoms with van der Waals surface area (Å²) in [5.74, 6) is 0.689. The average molecular weight is 252 g/mol. The maximum atomic E-state index is 5.62. The molecule has 2 nitrogen and oxygen atoms in total. The van der Waals surface area contributed by atoms with E-state index in [2.05, 4.69) is 53.8 Å². The quantitative estimate of drug-likeness (QED) is 0.881. The standard InChI is InChI=1S/C17H20N2/c18-11-13-1-3-14(4-2-13)15-5-7-16(8-6-15)17-9-10-19-12-17/h1-8,17,19H,9-12,18H2. The summed E-state index contributed by atoms with van der Waals surface area (Å²) < 4.78 is 0. The zero-order chi connectivity index (χ0) is 13.1. The fourth-order valence-corrected chi connectivity index (χ4v) is 2.72. The van der Waals surface area contributed by atoms with Crippen molar-refractivity contribution in [1.29, 1.82) is 0 Å². The summed E-state index contributed by atoms with van der Waals surface area (Å²) in [5.41, 5.74) is 10.8. The van der Waals surface area contributed by atoms with Crippen molar-refractivity contribution in [1.82, 2.24) is 5.32 Å². The highest BCUT2D eigenvalue weighted by Crippen LogP contribution is 2.26. The molecule has 2 heteroatoms. The maximum absolute atomic E-state index is 5.62. The second-order valence-electron chi connectivity index (χ2n) is 5.21. The summed E-state index contributed by atoms with van der Waals surface area (Å²) >= 11 is 0. The molecule has 1 saturated heterocycles. The van der Waals surface area contributed by atoms with Crippen molar-refractivity contribution in [2.75, 3.05) is 13.1 Å². The van der Waals surface area contributed by atoms with Gasteiger partial charge in [0.25, 0.3) is 0 Å². The number of benzene rings is 2. The number of nitrogens with one attached hydrogen (secondary N) is 1. The van der Waals surface area contributed by atoms with Crippen LogP contribution in [-0.2, 0) is 6.54 Å². The van der Waals surface area contributed by atoms with Crippen LogP contribution in [-0.4, -0.2) is 13.1 Å². The van der Waals surface area contributed by atoms with Gasteiger partial charge in [-0.05, 0) is 41.1 Å². The van der Waals surface area contributed by atoms with Gasteiger partial charge in [0.05, 0.1) is 0 Å². The largest absolute Gasteiger partial charge is 0.326 e. The predicted octanol–water partition coefficient (Wildman–Crippen LogP) is 2.89. The highest BCUT2D eigenvalue weighted by Gasteiger charge is 2.16. The molecule has 1 unspecified atom stereocenters. The van der Waals surface area contributed by atoms with Crippen LogP contribution in [0.15, 0.2) is 48.5 Å². The molecule has 0 amide bonds. The van der Waals surface area contributed by atoms with E-state index in [0.29, 0.717) is 12.5 Å². The van der Waals surface area contributed by atoms with Gasteiger partial charge in [-0.1, -0.05) is 48.5 Å². The highest BCUT2D eigenvalue weighted by molar-refractivity contribution is 5.64. The van der Waals surface area contributed by atoms with Gasteiger partial charge in [0, 0.05) is 13.1 Å². The molecule has 0 saturated carbocycles. The predicted molar refractivity (Wildman–Crippen MR) is 80.0 cm³/mol. The first-order valence-electron chi connectivity index (χ1n) is 6.97. The first kappa shape index (κ1) is 12.4. The molecule has 0 aliphatic carbocycles. The van der Waals surface area contributed by atoms with Crippen LogP contribution >= 0.6 is 0 Å². The van der Waals surface area contributed by atoms with E-state index in [1.54, 1.807) is 0 Å². The van der Waals surface area contributed by atoms with E-state index >= 15 is 0 Å². The number of hydrogen-bond donors (Lipinski definition) is 2. The SMILES string of the molecule is NCc1ccc(-c2ccc(C3CCNC3)cc2)cc1. The average Bonchev–Trinajstić information content (AvgIpc) is 3.02. The van der Waals surface area contributed by atoms with E-state index in [0.717, 1.165) is 13.1 Å². The van der Waals surface area contributed by atoms with Gasteiger partial charge in [-0.3, -0.25) is 0 Å². The Morgan fingerprint density at radius 3 is 2.11 bits per heavy atom. The Kier molecular flexibility index (Phi) is 3.62. The van der Waals surface area contributed by atoms with E-state index in [1.165, 1.54) is 28.7 Å². The number of rotatable bonds is 3. The molecule has 0 bridgehead atoms. The summed E-state index contributed by atoms with van der Waals surface area (Å²) in [5, 5.41) is 3.42. The van der Waals surface area contributed by atoms with Gasteiger partial charge in [-0.2, -0.15) is 0 Å². The Balaban J connectivity index is 1.80. The van der Waals surface area contributed by atoms with Gasteiger partial charge < -0.3 is 11.1 Å². The van der Waals surface area contributed by atoms with Crippen LogP contribution < -0.4 is 11.1 Å². The van der Waals surface area contributed by atoms with Crippen LogP contribution in [0.2, 0.25) is 0 Å². The molecule has 1 aliphatic rings. The minimum atomic E-state index is 0.605. The maximum Gasteiger partial charge on any atom is 0.0178 e. The molecule has 1 fully saturated rings. The third kappa shape index (κ3) is 2.70. The van der Waals surface area contributed by atoms with Gasteiger partial charge in [0.2, 0.25) is 0 Å². The van der Waals surface area contributed by atoms with Crippen LogP contribution in [0.25, 0.3) is 11.1 Å². The van der Waals surface area contributed by atoms with Crippen molar-refractivity contribution >= 4 is 0 Å². The molecule has 2 aromatic carbocycles. The smallest absolute Gasteiger partial charge is 0.0178 e. The molecule has 2 aromatic rings. The van der Waals surface area contributed by atoms with Crippen molar-refractivity contribution in [3.05, 3.63) is 59.7 Å². The van der Waals surface area contributed by atoms with Crippen molar-refractivity contribution < 1.29 is 0 Å². The molecule has 98 valence electrons. The molecule has 19 heavy (non-hydrogen) atoms. The second-order valence-corrected chi connectivity index (χ2v) is 5.21. The summed E-state index contributed by atoms with van der Waals surface area (Å²) in [6.07, 6.45) is 1.25. The highest BCUT2D eigenvalue weighted by atomic mass is 14.9. The van der Waals surface area contributed by atoms with Crippen molar-refractivity contribution in [3.63, 3.8) is 0 Å². The van der Waals surface area contributed by atoms with Crippen LogP contribution in [0.1, 0.15) is 23.5 Å². The number of nitrogens with two attached hydrogens (primary N) is 1. The lowest BCUT2D eigenvalue weighted by atomic mass is 9.95. The first-order valence-corrected chi connectivity index (χ1v) is 6.97. The molecular weight excluding hydrogens is 232 g/mol. The zero-order valence-corrected chi connectivity index (χ0v) is 11.1. The first-order chi connectivity index (χ1) is 9.36. The zero-order valence-electron chi connectivity index (χ0n) is 11.1. The van der Waals surface area contributed by atoms with E-state index in [1.807, 2.05) is 0 Å². The molecule has 0 spiro atoms. The van der Waals surface area contributed by atoms with Crippen LogP contribution in [0, 0.1) is 0 Å². The fraction of sp³-hybridized carbons (Fsp3) is 0.294. The molecule has 1 heterocycles. The third-order valence-corrected chi connectivity index (χ3v) is 3.97. The van der Waals surface area contributed by atoms with Gasteiger partial charge in [-0.25, -0.2) is 0 Å². The van der Waals surface area contributed by atoms with Crippen LogP contribution in [0.4, 0.5) is 0 Å². The minimum absolute atomic E-state index is 0.605. The van der Waals surface area contributed by atoms with Gasteiger partial charge in [0.1, 0.15) is 0 Å². The Bertz CT molecular complexity index is 522. The Hall–Kier alpha value is -1.64. The lowest BCUT2D eigenvalue weighted by molar-refractivity contribution is 0.763. The van der Waals surface area contributed by atoms with Crippen LogP contribution in [0.5, 0.6) is 0 Å². The Labute approximate surface area is 114 Å². The van der Waals surface area contributed by atoms with E-state index in [4.69, 9.17) is 5.73 Å². The molecular formula is C17H20N2. The van der Waals surface area contributed by atoms with Crippen LogP contribution in [0.3, 0.4) is 0 Å². The van der Waals surface area contributed by atoms with Crippen molar-refractivity contribution in [3.8, 4) is 11.1 Å². The topological polar surface area (TPSA) is 38.0 Å². The Morgan fingerprint density at radius 2 is 1.58 bits per heavy atom. The molecule has 1 aliphatic heterocycles. The molecule has 0 radical (unpaired) electrons. The summed E-state index contributed by atoms with van der Waals surface area (Å²) in [7, 11) is 0. The lowest BCUT2D eigenvalue weighted by Gasteiger charge is -2.10. The van der Waals surface area contributed by atoms with Gasteiger partial charge in [-0.15, -0.1) is 0 Å². The summed E-state index contributed by atoms with van der Waals surface area (Å²) in [6, 6.07) is 17.5. The molecule has 3 rings (SSSR count). The van der Waals surface area contributed by atoms with E-state index in [-0.39, 0.29) is 0 Å². The summed E-state index contributed by atoms with van der Waals surface area (Å²) in [6.45, 7) is 2.87. The van der Waals surface area contributed by atoms with E-state index in [9.17, 15) is 0 Å². The van der Waals surface area contributed by atoms with E-state index < -0.39 is 0 Å². The monoisotopic (exact) mass is 252 g/mol.